The zero-order chi connectivity index (χ0) is 27.8. The fourth-order valence-electron chi connectivity index (χ4n) is 9.71. The lowest BCUT2D eigenvalue weighted by atomic mass is 9.43. The first-order valence-electron chi connectivity index (χ1n) is 15.2. The average molecular weight is 537 g/mol. The molecule has 0 spiro atoms. The Labute approximate surface area is 228 Å². The highest BCUT2D eigenvalue weighted by Gasteiger charge is 2.65. The van der Waals surface area contributed by atoms with Gasteiger partial charge in [0.15, 0.2) is 0 Å². The van der Waals surface area contributed by atoms with Crippen LogP contribution in [-0.2, 0) is 9.59 Å². The summed E-state index contributed by atoms with van der Waals surface area (Å²) in [6.45, 7) is 7.23. The summed E-state index contributed by atoms with van der Waals surface area (Å²) in [5.74, 6) is 0.202. The lowest BCUT2D eigenvalue weighted by Crippen LogP contribution is -2.62. The Kier molecular flexibility index (Phi) is 9.17. The fourth-order valence-corrected chi connectivity index (χ4v) is 9.71. The van der Waals surface area contributed by atoms with E-state index in [1.165, 1.54) is 0 Å². The molecule has 8 heteroatoms. The van der Waals surface area contributed by atoms with Gasteiger partial charge in [0, 0.05) is 6.42 Å². The van der Waals surface area contributed by atoms with Gasteiger partial charge < -0.3 is 31.5 Å². The van der Waals surface area contributed by atoms with Gasteiger partial charge in [-0.15, -0.1) is 0 Å². The van der Waals surface area contributed by atoms with Crippen molar-refractivity contribution in [3.05, 3.63) is 0 Å². The summed E-state index contributed by atoms with van der Waals surface area (Å²) in [5, 5.41) is 45.6. The molecule has 0 aliphatic heterocycles. The SMILES string of the molecule is C[C@H](CCC(=O)NC(CCCCN)C(=O)O)[C@H]1CC[C@H]2[C@@H]3[C@H](O)C[C@@H]4C[C@H](O)CC[C@]4(C)[C@H]3C[C@H](O)[C@]12C. The van der Waals surface area contributed by atoms with Gasteiger partial charge in [-0.2, -0.15) is 0 Å². The van der Waals surface area contributed by atoms with Gasteiger partial charge in [0.05, 0.1) is 18.3 Å². The molecule has 0 bridgehead atoms. The largest absolute Gasteiger partial charge is 0.480 e. The van der Waals surface area contributed by atoms with E-state index in [1.54, 1.807) is 0 Å². The van der Waals surface area contributed by atoms with Crippen molar-refractivity contribution in [2.45, 2.75) is 122 Å². The molecular weight excluding hydrogens is 484 g/mol. The standard InChI is InChI=1S/C30H52N2O6/c1-17(7-10-26(36)32-23(28(37)38)6-4-5-13-31)20-8-9-21-27-22(16-25(35)30(20,21)3)29(2)12-11-19(33)14-18(29)15-24(27)34/h17-25,27,33-35H,4-16,31H2,1-3H3,(H,32,36)(H,37,38)/t17-,18+,19-,20-,21+,22+,23?,24-,25+,27+,29+,30-/m1/s1. The number of aliphatic carboxylic acids is 1. The molecule has 38 heavy (non-hydrogen) atoms. The van der Waals surface area contributed by atoms with Gasteiger partial charge in [-0.3, -0.25) is 4.79 Å². The minimum atomic E-state index is -1.01. The molecule has 4 saturated carbocycles. The number of carboxylic acids is 1. The summed E-state index contributed by atoms with van der Waals surface area (Å²) in [4.78, 5) is 24.2. The molecule has 12 atom stereocenters. The Morgan fingerprint density at radius 1 is 1.00 bits per heavy atom. The van der Waals surface area contributed by atoms with Gasteiger partial charge in [-0.25, -0.2) is 4.79 Å². The summed E-state index contributed by atoms with van der Waals surface area (Å²) in [6, 6.07) is -0.881. The van der Waals surface area contributed by atoms with Crippen LogP contribution in [0.2, 0.25) is 0 Å². The average Bonchev–Trinajstić information content (AvgIpc) is 3.22. The number of unbranched alkanes of at least 4 members (excludes halogenated alkanes) is 1. The number of nitrogens with one attached hydrogen (secondary N) is 1. The van der Waals surface area contributed by atoms with Crippen molar-refractivity contribution in [1.82, 2.24) is 5.32 Å². The third-order valence-corrected chi connectivity index (χ3v) is 11.9. The smallest absolute Gasteiger partial charge is 0.326 e. The molecule has 4 aliphatic carbocycles. The number of carboxylic acid groups (broad SMARTS) is 1. The number of fused-ring (bicyclic) bond motifs is 5. The topological polar surface area (TPSA) is 153 Å². The molecule has 0 aromatic carbocycles. The lowest BCUT2D eigenvalue weighted by Gasteiger charge is -2.63. The molecule has 8 nitrogen and oxygen atoms in total. The van der Waals surface area contributed by atoms with Gasteiger partial charge in [-0.1, -0.05) is 20.8 Å². The van der Waals surface area contributed by atoms with Crippen LogP contribution in [0.4, 0.5) is 0 Å². The first-order chi connectivity index (χ1) is 17.9. The van der Waals surface area contributed by atoms with Crippen LogP contribution in [-0.4, -0.2) is 63.2 Å². The number of hydrogen-bond donors (Lipinski definition) is 6. The number of carbonyl (C=O) groups excluding carboxylic acids is 1. The van der Waals surface area contributed by atoms with E-state index in [0.717, 1.165) is 44.9 Å². The molecule has 0 heterocycles. The second-order valence-corrected chi connectivity index (χ2v) is 13.8. The summed E-state index contributed by atoms with van der Waals surface area (Å²) >= 11 is 0. The van der Waals surface area contributed by atoms with Gasteiger partial charge in [0.2, 0.25) is 5.91 Å². The second-order valence-electron chi connectivity index (χ2n) is 13.8. The quantitative estimate of drug-likeness (QED) is 0.235. The van der Waals surface area contributed by atoms with Crippen molar-refractivity contribution in [2.75, 3.05) is 6.54 Å². The number of nitrogens with two attached hydrogens (primary N) is 1. The minimum Gasteiger partial charge on any atom is -0.480 e. The number of hydrogen-bond acceptors (Lipinski definition) is 6. The van der Waals surface area contributed by atoms with Crippen molar-refractivity contribution in [3.63, 3.8) is 0 Å². The number of rotatable bonds is 10. The number of aliphatic hydroxyl groups excluding tert-OH is 3. The zero-order valence-corrected chi connectivity index (χ0v) is 23.6. The van der Waals surface area contributed by atoms with E-state index >= 15 is 0 Å². The molecule has 218 valence electrons. The first kappa shape index (κ1) is 29.8. The zero-order valence-electron chi connectivity index (χ0n) is 23.6. The molecule has 1 amide bonds. The Bertz CT molecular complexity index is 855. The number of aliphatic hydroxyl groups is 3. The minimum absolute atomic E-state index is 0.0536. The molecule has 1 unspecified atom stereocenters. The van der Waals surface area contributed by atoms with Crippen LogP contribution in [0.25, 0.3) is 0 Å². The highest BCUT2D eigenvalue weighted by Crippen LogP contribution is 2.68. The molecule has 0 radical (unpaired) electrons. The Morgan fingerprint density at radius 3 is 2.42 bits per heavy atom. The molecule has 4 fully saturated rings. The van der Waals surface area contributed by atoms with Crippen LogP contribution in [0.3, 0.4) is 0 Å². The van der Waals surface area contributed by atoms with E-state index in [4.69, 9.17) is 5.73 Å². The van der Waals surface area contributed by atoms with Crippen molar-refractivity contribution in [1.29, 1.82) is 0 Å². The van der Waals surface area contributed by atoms with Gasteiger partial charge in [0.1, 0.15) is 6.04 Å². The van der Waals surface area contributed by atoms with E-state index in [2.05, 4.69) is 26.1 Å². The highest BCUT2D eigenvalue weighted by atomic mass is 16.4. The molecule has 0 saturated heterocycles. The van der Waals surface area contributed by atoms with Crippen molar-refractivity contribution in [2.24, 2.45) is 52.1 Å². The summed E-state index contributed by atoms with van der Waals surface area (Å²) in [6.07, 6.45) is 7.50. The predicted octanol–water partition coefficient (Wildman–Crippen LogP) is 3.06. The number of carbonyl (C=O) groups is 2. The van der Waals surface area contributed by atoms with Crippen LogP contribution in [0.15, 0.2) is 0 Å². The van der Waals surface area contributed by atoms with Crippen molar-refractivity contribution in [3.8, 4) is 0 Å². The van der Waals surface area contributed by atoms with E-state index < -0.39 is 24.2 Å². The van der Waals surface area contributed by atoms with Gasteiger partial charge >= 0.3 is 5.97 Å². The van der Waals surface area contributed by atoms with Gasteiger partial charge in [0.25, 0.3) is 0 Å². The molecular formula is C30H52N2O6. The summed E-state index contributed by atoms with van der Waals surface area (Å²) in [7, 11) is 0. The van der Waals surface area contributed by atoms with Crippen molar-refractivity contribution < 1.29 is 30.0 Å². The molecule has 4 aliphatic rings. The van der Waals surface area contributed by atoms with Crippen LogP contribution in [0.1, 0.15) is 97.8 Å². The predicted molar refractivity (Wildman–Crippen MR) is 145 cm³/mol. The first-order valence-corrected chi connectivity index (χ1v) is 15.2. The van der Waals surface area contributed by atoms with E-state index in [1.807, 2.05) is 0 Å². The van der Waals surface area contributed by atoms with Crippen LogP contribution in [0, 0.1) is 46.3 Å². The lowest BCUT2D eigenvalue weighted by molar-refractivity contribution is -0.207. The number of amides is 1. The maximum Gasteiger partial charge on any atom is 0.326 e. The molecule has 4 rings (SSSR count). The maximum absolute atomic E-state index is 12.7. The van der Waals surface area contributed by atoms with Crippen LogP contribution < -0.4 is 11.1 Å². The Hall–Kier alpha value is -1.22. The van der Waals surface area contributed by atoms with E-state index in [9.17, 15) is 30.0 Å². The van der Waals surface area contributed by atoms with Gasteiger partial charge in [-0.05, 0) is 124 Å². The third kappa shape index (κ3) is 5.39. The van der Waals surface area contributed by atoms with Crippen molar-refractivity contribution >= 4 is 11.9 Å². The third-order valence-electron chi connectivity index (χ3n) is 11.9. The molecule has 0 aromatic rings. The Morgan fingerprint density at radius 2 is 1.74 bits per heavy atom. The molecule has 7 N–H and O–H groups in total. The summed E-state index contributed by atoms with van der Waals surface area (Å²) in [5.41, 5.74) is 5.26. The Balaban J connectivity index is 1.41. The molecule has 0 aromatic heterocycles. The highest BCUT2D eigenvalue weighted by molar-refractivity contribution is 5.83. The van der Waals surface area contributed by atoms with E-state index in [0.29, 0.717) is 38.1 Å². The maximum atomic E-state index is 12.7. The van der Waals surface area contributed by atoms with Crippen LogP contribution >= 0.6 is 0 Å². The summed E-state index contributed by atoms with van der Waals surface area (Å²) < 4.78 is 0. The van der Waals surface area contributed by atoms with Crippen LogP contribution in [0.5, 0.6) is 0 Å². The normalized spacial score (nSPS) is 43.9. The fraction of sp³-hybridized carbons (Fsp3) is 0.933. The monoisotopic (exact) mass is 536 g/mol. The van der Waals surface area contributed by atoms with E-state index in [-0.39, 0.29) is 58.9 Å². The second kappa shape index (κ2) is 11.7.